The number of benzene rings is 1. The van der Waals surface area contributed by atoms with Crippen LogP contribution in [0.1, 0.15) is 53.1 Å². The zero-order chi connectivity index (χ0) is 17.6. The number of rotatable bonds is 2. The minimum absolute atomic E-state index is 0.0537. The van der Waals surface area contributed by atoms with Gasteiger partial charge in [0.1, 0.15) is 6.04 Å². The fraction of sp³-hybridized carbons (Fsp3) is 0.444. The van der Waals surface area contributed by atoms with Crippen LogP contribution >= 0.6 is 0 Å². The van der Waals surface area contributed by atoms with Gasteiger partial charge in [-0.1, -0.05) is 12.1 Å². The highest BCUT2D eigenvalue weighted by Crippen LogP contribution is 2.32. The summed E-state index contributed by atoms with van der Waals surface area (Å²) in [6.45, 7) is 1.04. The summed E-state index contributed by atoms with van der Waals surface area (Å²) in [5.41, 5.74) is 2.55. The maximum atomic E-state index is 12.7. The van der Waals surface area contributed by atoms with E-state index in [1.165, 1.54) is 0 Å². The average Bonchev–Trinajstić information content (AvgIpc) is 2.91. The first-order chi connectivity index (χ1) is 12.0. The fourth-order valence-electron chi connectivity index (χ4n) is 3.92. The Kier molecular flexibility index (Phi) is 3.78. The lowest BCUT2D eigenvalue weighted by Gasteiger charge is -2.29. The summed E-state index contributed by atoms with van der Waals surface area (Å²) in [5.74, 6) is -0.640. The van der Waals surface area contributed by atoms with Crippen molar-refractivity contribution in [2.24, 2.45) is 0 Å². The molecule has 1 aromatic rings. The molecule has 4 amide bonds. The lowest BCUT2D eigenvalue weighted by molar-refractivity contribution is -0.137. The molecule has 0 radical (unpaired) electrons. The smallest absolute Gasteiger partial charge is 0.255 e. The molecular formula is C18H19N3O4. The highest BCUT2D eigenvalue weighted by Gasteiger charge is 2.39. The first kappa shape index (κ1) is 15.8. The quantitative estimate of drug-likeness (QED) is 0.763. The molecule has 2 unspecified atom stereocenters. The predicted octanol–water partition coefficient (Wildman–Crippen LogP) is 0.441. The van der Waals surface area contributed by atoms with Crippen LogP contribution in [0.5, 0.6) is 0 Å². The Balaban J connectivity index is 1.56. The Morgan fingerprint density at radius 1 is 1.04 bits per heavy atom. The number of imide groups is 1. The van der Waals surface area contributed by atoms with Crippen LogP contribution in [0, 0.1) is 0 Å². The largest absolute Gasteiger partial charge is 0.356 e. The molecule has 0 bridgehead atoms. The summed E-state index contributed by atoms with van der Waals surface area (Å²) in [4.78, 5) is 49.2. The summed E-state index contributed by atoms with van der Waals surface area (Å²) in [6.07, 6.45) is 1.96. The van der Waals surface area contributed by atoms with Crippen LogP contribution in [0.15, 0.2) is 18.2 Å². The summed E-state index contributed by atoms with van der Waals surface area (Å²) >= 11 is 0. The van der Waals surface area contributed by atoms with Gasteiger partial charge >= 0.3 is 0 Å². The lowest BCUT2D eigenvalue weighted by Crippen LogP contribution is -2.52. The second-order valence-electron chi connectivity index (χ2n) is 6.86. The van der Waals surface area contributed by atoms with Crippen molar-refractivity contribution in [3.63, 3.8) is 0 Å². The van der Waals surface area contributed by atoms with E-state index < -0.39 is 11.9 Å². The average molecular weight is 341 g/mol. The third-order valence-electron chi connectivity index (χ3n) is 5.27. The van der Waals surface area contributed by atoms with Gasteiger partial charge < -0.3 is 10.2 Å². The summed E-state index contributed by atoms with van der Waals surface area (Å²) < 4.78 is 0. The van der Waals surface area contributed by atoms with Crippen LogP contribution in [0.2, 0.25) is 0 Å². The van der Waals surface area contributed by atoms with Gasteiger partial charge in [-0.2, -0.15) is 0 Å². The van der Waals surface area contributed by atoms with Crippen LogP contribution in [-0.4, -0.2) is 41.1 Å². The molecule has 1 aromatic carbocycles. The molecule has 2 saturated heterocycles. The van der Waals surface area contributed by atoms with Crippen LogP contribution in [0.4, 0.5) is 0 Å². The monoisotopic (exact) mass is 341 g/mol. The van der Waals surface area contributed by atoms with E-state index in [0.29, 0.717) is 31.5 Å². The molecule has 0 aliphatic carbocycles. The maximum absolute atomic E-state index is 12.7. The molecule has 7 nitrogen and oxygen atoms in total. The van der Waals surface area contributed by atoms with E-state index in [-0.39, 0.29) is 30.1 Å². The zero-order valence-corrected chi connectivity index (χ0v) is 13.7. The Morgan fingerprint density at radius 3 is 2.64 bits per heavy atom. The van der Waals surface area contributed by atoms with Gasteiger partial charge in [-0.05, 0) is 36.0 Å². The number of hydrogen-bond donors (Lipinski definition) is 2. The Bertz CT molecular complexity index is 789. The molecule has 3 aliphatic rings. The summed E-state index contributed by atoms with van der Waals surface area (Å²) in [6, 6.07) is 5.10. The molecular weight excluding hydrogens is 322 g/mol. The second-order valence-corrected chi connectivity index (χ2v) is 6.86. The summed E-state index contributed by atoms with van der Waals surface area (Å²) in [5, 5.41) is 5.13. The first-order valence-corrected chi connectivity index (χ1v) is 8.57. The minimum atomic E-state index is -0.596. The molecule has 25 heavy (non-hydrogen) atoms. The van der Waals surface area contributed by atoms with E-state index in [1.807, 2.05) is 12.1 Å². The molecule has 2 N–H and O–H groups in total. The molecule has 7 heteroatoms. The van der Waals surface area contributed by atoms with Crippen LogP contribution in [-0.2, 0) is 20.9 Å². The van der Waals surface area contributed by atoms with Crippen molar-refractivity contribution in [3.05, 3.63) is 34.9 Å². The number of carbonyl (C=O) groups is 4. The molecule has 0 aromatic heterocycles. The first-order valence-electron chi connectivity index (χ1n) is 8.57. The van der Waals surface area contributed by atoms with Gasteiger partial charge in [-0.3, -0.25) is 24.5 Å². The normalized spacial score (nSPS) is 26.3. The van der Waals surface area contributed by atoms with E-state index >= 15 is 0 Å². The Labute approximate surface area is 144 Å². The summed E-state index contributed by atoms with van der Waals surface area (Å²) in [7, 11) is 0. The Morgan fingerprint density at radius 2 is 1.88 bits per heavy atom. The van der Waals surface area contributed by atoms with Crippen molar-refractivity contribution in [3.8, 4) is 0 Å². The number of nitrogens with zero attached hydrogens (tertiary/aromatic N) is 1. The van der Waals surface area contributed by atoms with E-state index in [9.17, 15) is 19.2 Å². The molecule has 130 valence electrons. The molecule has 3 heterocycles. The van der Waals surface area contributed by atoms with E-state index in [2.05, 4.69) is 10.6 Å². The molecule has 3 aliphatic heterocycles. The van der Waals surface area contributed by atoms with Crippen LogP contribution in [0.25, 0.3) is 0 Å². The number of nitrogens with one attached hydrogen (secondary N) is 2. The molecule has 0 saturated carbocycles. The van der Waals surface area contributed by atoms with Crippen molar-refractivity contribution >= 4 is 23.6 Å². The van der Waals surface area contributed by atoms with E-state index in [1.54, 1.807) is 11.0 Å². The van der Waals surface area contributed by atoms with Gasteiger partial charge in [0.05, 0.1) is 0 Å². The number of piperidine rings is 2. The van der Waals surface area contributed by atoms with Crippen LogP contribution in [0.3, 0.4) is 0 Å². The van der Waals surface area contributed by atoms with Crippen molar-refractivity contribution in [1.29, 1.82) is 0 Å². The number of carbonyl (C=O) groups excluding carboxylic acids is 4. The van der Waals surface area contributed by atoms with Gasteiger partial charge in [0.25, 0.3) is 5.91 Å². The van der Waals surface area contributed by atoms with Gasteiger partial charge in [0.15, 0.2) is 0 Å². The molecule has 4 rings (SSSR count). The van der Waals surface area contributed by atoms with Crippen LogP contribution < -0.4 is 10.6 Å². The highest BCUT2D eigenvalue weighted by atomic mass is 16.2. The lowest BCUT2D eigenvalue weighted by atomic mass is 9.88. The third-order valence-corrected chi connectivity index (χ3v) is 5.27. The molecule has 2 fully saturated rings. The maximum Gasteiger partial charge on any atom is 0.255 e. The predicted molar refractivity (Wildman–Crippen MR) is 87.5 cm³/mol. The van der Waals surface area contributed by atoms with Crippen molar-refractivity contribution in [2.75, 3.05) is 6.54 Å². The minimum Gasteiger partial charge on any atom is -0.356 e. The van der Waals surface area contributed by atoms with E-state index in [4.69, 9.17) is 0 Å². The standard InChI is InChI=1S/C18H19N3O4/c22-15-4-3-14(17(24)20-15)21-9-12-7-10(1-2-13(12)18(21)25)11-5-6-19-16(23)8-11/h1-2,7,11,14H,3-6,8-9H2,(H,19,23)(H,20,22,24). The third kappa shape index (κ3) is 2.79. The molecule has 2 atom stereocenters. The highest BCUT2D eigenvalue weighted by molar-refractivity contribution is 6.05. The van der Waals surface area contributed by atoms with Crippen molar-refractivity contribution in [2.45, 2.75) is 44.2 Å². The number of amides is 4. The van der Waals surface area contributed by atoms with Crippen molar-refractivity contribution < 1.29 is 19.2 Å². The molecule has 0 spiro atoms. The fourth-order valence-corrected chi connectivity index (χ4v) is 3.92. The Hall–Kier alpha value is -2.70. The topological polar surface area (TPSA) is 95.6 Å². The SMILES string of the molecule is O=C1CC(c2ccc3c(c2)CN(C2CCC(=O)NC2=O)C3=O)CCN1. The zero-order valence-electron chi connectivity index (χ0n) is 13.7. The van der Waals surface area contributed by atoms with Crippen molar-refractivity contribution in [1.82, 2.24) is 15.5 Å². The number of fused-ring (bicyclic) bond motifs is 1. The second kappa shape index (κ2) is 5.98. The van der Waals surface area contributed by atoms with Gasteiger partial charge in [-0.25, -0.2) is 0 Å². The number of hydrogen-bond acceptors (Lipinski definition) is 4. The van der Waals surface area contributed by atoms with Gasteiger partial charge in [0.2, 0.25) is 17.7 Å². The van der Waals surface area contributed by atoms with Gasteiger partial charge in [0, 0.05) is 31.5 Å². The van der Waals surface area contributed by atoms with Gasteiger partial charge in [-0.15, -0.1) is 0 Å². The van der Waals surface area contributed by atoms with E-state index in [0.717, 1.165) is 17.5 Å².